The van der Waals surface area contributed by atoms with Crippen molar-refractivity contribution in [2.24, 2.45) is 0 Å². The van der Waals surface area contributed by atoms with Crippen LogP contribution in [-0.2, 0) is 10.2 Å². The van der Waals surface area contributed by atoms with Crippen LogP contribution in [0, 0.1) is 17.5 Å². The Morgan fingerprint density at radius 1 is 0.393 bits per heavy atom. The number of aromatic nitrogens is 16. The minimum Gasteiger partial charge on any atom is -0.463 e. The summed E-state index contributed by atoms with van der Waals surface area (Å²) in [7, 11) is -4.00. The molecule has 0 spiro atoms. The number of halogens is 7. The Morgan fingerprint density at radius 3 is 1.18 bits per heavy atom. The number of fused-ring (bicyclic) bond motifs is 4. The van der Waals surface area contributed by atoms with E-state index in [1.54, 1.807) is 159 Å². The standard InChI is InChI=1S/C18H12BrFN6O.C18H11BrFN5O2.C17H12BrFN6O2S.C16H10BrN5O3/c19-13-10-22-26-16(25-18(27)23-11-5-7-21-8-6-11)9-15(24-17(13)26)12-3-1-2-4-14(12)20;19-13-10-22-25-16(24-18(26)27-11-4-3-7-21-9-11)8-15(23-17(13)25)12-5-1-2-6-14(12)20;18-13-10-21-25-16(24-28(26,27)23-11-5-7-20-8-6-11)9-15(22-17(13)25)12-3-1-2-4-14(12)19;17-11-9-19-22-14(21-16(23)25-10-3-1-5-18-8-10)7-12(20-15(11)22)13-4-2-6-24-13/h1-10H,(H2,21,23,25,27);1-10H,(H,24,26);1-10,24H,(H,20,23);1-9H,(H,21,23). The average Bonchev–Trinajstić information content (AvgIpc) is 1.70. The quantitative estimate of drug-likeness (QED) is 0.0589. The molecule has 4 amide bonds. The number of nitrogens with zero attached hydrogens (tertiary/aromatic N) is 16. The van der Waals surface area contributed by atoms with Crippen LogP contribution in [0.3, 0.4) is 0 Å². The van der Waals surface area contributed by atoms with E-state index in [0.29, 0.717) is 103 Å². The summed E-state index contributed by atoms with van der Waals surface area (Å²) in [5.74, 6) is 0.985. The second-order valence-electron chi connectivity index (χ2n) is 21.6. The molecule has 16 aromatic rings. The fraction of sp³-hybridized carbons (Fsp3) is 0. The van der Waals surface area contributed by atoms with Gasteiger partial charge in [-0.3, -0.25) is 45.3 Å². The van der Waals surface area contributed by atoms with Crippen LogP contribution in [0.2, 0.25) is 0 Å². The number of rotatable bonds is 14. The Kier molecular flexibility index (Phi) is 22.2. The summed E-state index contributed by atoms with van der Waals surface area (Å²) in [6, 6.07) is 40.8. The van der Waals surface area contributed by atoms with Gasteiger partial charge in [-0.15, -0.1) is 0 Å². The van der Waals surface area contributed by atoms with Gasteiger partial charge in [0.25, 0.3) is 0 Å². The summed E-state index contributed by atoms with van der Waals surface area (Å²) < 4.78 is 96.4. The third-order valence-corrected chi connectivity index (χ3v) is 17.7. The van der Waals surface area contributed by atoms with E-state index in [1.807, 2.05) is 0 Å². The number of benzene rings is 3. The highest BCUT2D eigenvalue weighted by atomic mass is 79.9. The van der Waals surface area contributed by atoms with E-state index in [9.17, 15) is 36.0 Å². The number of hydrogen-bond donors (Lipinski definition) is 6. The molecule has 13 heterocycles. The Hall–Kier alpha value is -12.9. The third kappa shape index (κ3) is 17.7. The normalized spacial score (nSPS) is 10.9. The molecule has 0 saturated heterocycles. The molecule has 6 N–H and O–H groups in total. The van der Waals surface area contributed by atoms with Crippen LogP contribution in [0.1, 0.15) is 0 Å². The van der Waals surface area contributed by atoms with Crippen molar-refractivity contribution >= 4 is 149 Å². The number of pyridine rings is 4. The Balaban J connectivity index is 0.000000126. The minimum absolute atomic E-state index is 0.0931. The van der Waals surface area contributed by atoms with Gasteiger partial charge in [0.15, 0.2) is 39.8 Å². The molecule has 0 saturated carbocycles. The summed E-state index contributed by atoms with van der Waals surface area (Å²) in [5, 5.41) is 27.4. The number of carbonyl (C=O) groups is 3. The second kappa shape index (κ2) is 32.8. The van der Waals surface area contributed by atoms with Crippen LogP contribution in [0.25, 0.3) is 67.8 Å². The lowest BCUT2D eigenvalue weighted by molar-refractivity contribution is 0.214. The zero-order chi connectivity index (χ0) is 74.6. The van der Waals surface area contributed by atoms with Crippen LogP contribution in [0.4, 0.5) is 62.2 Å². The van der Waals surface area contributed by atoms with Crippen LogP contribution in [0.5, 0.6) is 11.5 Å². The fourth-order valence-electron chi connectivity index (χ4n) is 9.80. The van der Waals surface area contributed by atoms with Crippen molar-refractivity contribution in [3.8, 4) is 56.7 Å². The van der Waals surface area contributed by atoms with Gasteiger partial charge >= 0.3 is 28.4 Å². The van der Waals surface area contributed by atoms with Crippen LogP contribution < -0.4 is 40.2 Å². The molecule has 0 bridgehead atoms. The summed E-state index contributed by atoms with van der Waals surface area (Å²) in [6.07, 6.45) is 18.4. The summed E-state index contributed by atoms with van der Waals surface area (Å²) >= 11 is 13.4. The molecule has 0 atom stereocenters. The number of nitrogens with one attached hydrogen (secondary N) is 6. The van der Waals surface area contributed by atoms with Crippen LogP contribution in [0.15, 0.2) is 261 Å². The largest absolute Gasteiger partial charge is 0.463 e. The third-order valence-electron chi connectivity index (χ3n) is 14.4. The lowest BCUT2D eigenvalue weighted by Gasteiger charge is -2.13. The molecule has 0 aliphatic carbocycles. The van der Waals surface area contributed by atoms with Crippen molar-refractivity contribution in [3.05, 3.63) is 274 Å². The molecule has 0 aliphatic heterocycles. The molecule has 107 heavy (non-hydrogen) atoms. The van der Waals surface area contributed by atoms with E-state index < -0.39 is 45.9 Å². The molecule has 534 valence electrons. The highest BCUT2D eigenvalue weighted by Crippen LogP contribution is 2.33. The van der Waals surface area contributed by atoms with Crippen molar-refractivity contribution in [2.75, 3.05) is 30.7 Å². The van der Waals surface area contributed by atoms with E-state index in [0.717, 1.165) is 0 Å². The van der Waals surface area contributed by atoms with E-state index in [4.69, 9.17) is 13.9 Å². The molecule has 0 radical (unpaired) electrons. The number of urea groups is 1. The smallest absolute Gasteiger partial charge is 0.418 e. The van der Waals surface area contributed by atoms with E-state index in [1.165, 1.54) is 97.7 Å². The Labute approximate surface area is 634 Å². The highest BCUT2D eigenvalue weighted by Gasteiger charge is 2.22. The zero-order valence-electron chi connectivity index (χ0n) is 54.0. The molecular weight excluding hydrogens is 1670 g/mol. The van der Waals surface area contributed by atoms with Crippen molar-refractivity contribution < 1.29 is 49.9 Å². The summed E-state index contributed by atoms with van der Waals surface area (Å²) in [6.45, 7) is 0. The molecule has 3 aromatic carbocycles. The maximum absolute atomic E-state index is 14.2. The number of amides is 4. The first-order valence-corrected chi connectivity index (χ1v) is 35.4. The monoisotopic (exact) mass is 1710 g/mol. The number of carbonyl (C=O) groups excluding carboxylic acids is 3. The van der Waals surface area contributed by atoms with Gasteiger partial charge in [-0.1, -0.05) is 36.4 Å². The first kappa shape index (κ1) is 72.4. The summed E-state index contributed by atoms with van der Waals surface area (Å²) in [4.78, 5) is 70.0. The lowest BCUT2D eigenvalue weighted by atomic mass is 10.1. The first-order chi connectivity index (χ1) is 51.9. The zero-order valence-corrected chi connectivity index (χ0v) is 61.2. The summed E-state index contributed by atoms with van der Waals surface area (Å²) in [5.41, 5.74) is 5.06. The first-order valence-electron chi connectivity index (χ1n) is 30.8. The molecule has 38 heteroatoms. The predicted octanol–water partition coefficient (Wildman–Crippen LogP) is 15.9. The molecule has 0 unspecified atom stereocenters. The van der Waals surface area contributed by atoms with Crippen molar-refractivity contribution in [1.29, 1.82) is 0 Å². The van der Waals surface area contributed by atoms with Gasteiger partial charge in [-0.05, 0) is 161 Å². The van der Waals surface area contributed by atoms with Crippen LogP contribution in [-0.4, -0.2) is 105 Å². The number of ether oxygens (including phenoxy) is 2. The molecule has 16 rings (SSSR count). The van der Waals surface area contributed by atoms with Crippen molar-refractivity contribution in [1.82, 2.24) is 78.3 Å². The Morgan fingerprint density at radius 2 is 0.776 bits per heavy atom. The molecule has 30 nitrogen and oxygen atoms in total. The topological polar surface area (TPSA) is 361 Å². The molecular formula is C69H45Br4F3N22O8S. The van der Waals surface area contributed by atoms with Gasteiger partial charge in [-0.2, -0.15) is 46.9 Å². The maximum atomic E-state index is 14.2. The molecule has 0 aliphatic rings. The van der Waals surface area contributed by atoms with Gasteiger partial charge in [0, 0.05) is 83.8 Å². The molecule has 13 aromatic heterocycles. The predicted molar refractivity (Wildman–Crippen MR) is 402 cm³/mol. The van der Waals surface area contributed by atoms with Crippen LogP contribution >= 0.6 is 63.7 Å². The van der Waals surface area contributed by atoms with E-state index in [-0.39, 0.29) is 28.6 Å². The highest BCUT2D eigenvalue weighted by molar-refractivity contribution is 9.11. The maximum Gasteiger partial charge on any atom is 0.418 e. The van der Waals surface area contributed by atoms with E-state index in [2.05, 4.69) is 155 Å². The Bertz CT molecular complexity index is 5840. The van der Waals surface area contributed by atoms with E-state index >= 15 is 0 Å². The van der Waals surface area contributed by atoms with Gasteiger partial charge < -0.3 is 19.2 Å². The van der Waals surface area contributed by atoms with Crippen molar-refractivity contribution in [3.63, 3.8) is 0 Å². The second-order valence-corrected chi connectivity index (χ2v) is 26.4. The number of anilines is 6. The molecule has 0 fully saturated rings. The van der Waals surface area contributed by atoms with Gasteiger partial charge in [0.05, 0.1) is 84.1 Å². The van der Waals surface area contributed by atoms with Gasteiger partial charge in [0.1, 0.15) is 46.4 Å². The number of hydrogen-bond acceptors (Lipinski definition) is 20. The van der Waals surface area contributed by atoms with Gasteiger partial charge in [0.2, 0.25) is 0 Å². The average molecular weight is 1720 g/mol. The lowest BCUT2D eigenvalue weighted by Crippen LogP contribution is -2.23. The number of furan rings is 1. The minimum atomic E-state index is -4.00. The fourth-order valence-corrected chi connectivity index (χ4v) is 12.1. The van der Waals surface area contributed by atoms with Gasteiger partial charge in [-0.25, -0.2) is 47.5 Å². The SMILES string of the molecule is O=C(Nc1cc(-c2ccccc2F)nc2c(Br)cnn12)Oc1cccnc1.O=C(Nc1cc(-c2ccco2)nc2c(Br)cnn12)Oc1cccnc1.O=C(Nc1ccncc1)Nc1cc(-c2ccccc2F)nc2c(Br)cnn12.O=S(=O)(Nc1ccncc1)Nc1cc(-c2ccccc2F)nc2c(Br)cnn12. The van der Waals surface area contributed by atoms with Crippen molar-refractivity contribution in [2.45, 2.75) is 0 Å².